The number of Topliss-reactive ketones (excluding diaryl/α,β-unsaturated/α-hetero) is 1. The van der Waals surface area contributed by atoms with E-state index in [1.807, 2.05) is 37.3 Å². The van der Waals surface area contributed by atoms with E-state index in [-0.39, 0.29) is 11.6 Å². The summed E-state index contributed by atoms with van der Waals surface area (Å²) in [4.78, 5) is 11.1. The molecule has 0 radical (unpaired) electrons. The number of amidine groups is 1. The fourth-order valence-corrected chi connectivity index (χ4v) is 1.55. The van der Waals surface area contributed by atoms with Crippen molar-refractivity contribution in [2.75, 3.05) is 0 Å². The molecule has 0 atom stereocenters. The van der Waals surface area contributed by atoms with Gasteiger partial charge in [0, 0.05) is 19.0 Å². The van der Waals surface area contributed by atoms with Gasteiger partial charge in [-0.05, 0) is 18.9 Å². The number of hydrogen-bond acceptors (Lipinski definition) is 2. The number of carbonyl (C=O) groups is 1. The molecule has 0 saturated carbocycles. The molecule has 96 valence electrons. The molecular formula is C15H20N2O. The predicted molar refractivity (Wildman–Crippen MR) is 74.7 cm³/mol. The summed E-state index contributed by atoms with van der Waals surface area (Å²) in [5.74, 6) is -0.293. The molecule has 0 unspecified atom stereocenters. The van der Waals surface area contributed by atoms with Crippen molar-refractivity contribution in [3.05, 3.63) is 47.2 Å². The molecule has 2 N–H and O–H groups in total. The molecule has 0 aliphatic carbocycles. The zero-order valence-electron chi connectivity index (χ0n) is 11.2. The highest BCUT2D eigenvalue weighted by molar-refractivity contribution is 6.36. The number of hydrogen-bond donors (Lipinski definition) is 2. The molecule has 18 heavy (non-hydrogen) atoms. The first-order valence-corrected chi connectivity index (χ1v) is 6.13. The van der Waals surface area contributed by atoms with Gasteiger partial charge in [-0.1, -0.05) is 42.8 Å². The minimum atomic E-state index is -0.246. The van der Waals surface area contributed by atoms with Gasteiger partial charge in [-0.2, -0.15) is 0 Å². The second-order valence-electron chi connectivity index (χ2n) is 4.33. The number of carbonyl (C=O) groups excluding carboxylic acids is 1. The predicted octanol–water partition coefficient (Wildman–Crippen LogP) is 3.07. The minimum Gasteiger partial charge on any atom is -0.341 e. The number of nitrogens with one attached hydrogen (secondary N) is 2. The summed E-state index contributed by atoms with van der Waals surface area (Å²) in [5, 5.41) is 10.5. The van der Waals surface area contributed by atoms with Gasteiger partial charge >= 0.3 is 0 Å². The average Bonchev–Trinajstić information content (AvgIpc) is 2.38. The fraction of sp³-hybridized carbons (Fsp3) is 0.333. The summed E-state index contributed by atoms with van der Waals surface area (Å²) in [5.41, 5.74) is 3.29. The lowest BCUT2D eigenvalue weighted by molar-refractivity contribution is -0.111. The number of rotatable bonds is 5. The van der Waals surface area contributed by atoms with Gasteiger partial charge in [0.25, 0.3) is 0 Å². The van der Waals surface area contributed by atoms with Crippen molar-refractivity contribution < 1.29 is 4.79 Å². The van der Waals surface area contributed by atoms with E-state index in [9.17, 15) is 4.79 Å². The highest BCUT2D eigenvalue weighted by Gasteiger charge is 2.08. The first-order chi connectivity index (χ1) is 8.54. The topological polar surface area (TPSA) is 53.0 Å². The molecule has 1 aromatic rings. The maximum atomic E-state index is 11.1. The van der Waals surface area contributed by atoms with Crippen molar-refractivity contribution in [2.24, 2.45) is 0 Å². The van der Waals surface area contributed by atoms with Crippen molar-refractivity contribution >= 4 is 11.6 Å². The van der Waals surface area contributed by atoms with Gasteiger partial charge in [-0.15, -0.1) is 0 Å². The Labute approximate surface area is 108 Å². The van der Waals surface area contributed by atoms with Crippen molar-refractivity contribution in [1.29, 1.82) is 5.41 Å². The Bertz CT molecular complexity index is 461. The molecule has 0 heterocycles. The van der Waals surface area contributed by atoms with Crippen molar-refractivity contribution in [3.63, 3.8) is 0 Å². The van der Waals surface area contributed by atoms with Gasteiger partial charge < -0.3 is 5.32 Å². The monoisotopic (exact) mass is 244 g/mol. The van der Waals surface area contributed by atoms with E-state index in [1.54, 1.807) is 0 Å². The average molecular weight is 244 g/mol. The summed E-state index contributed by atoms with van der Waals surface area (Å²) in [6.07, 6.45) is 1.62. The Morgan fingerprint density at radius 3 is 2.33 bits per heavy atom. The number of benzene rings is 1. The molecule has 1 aromatic carbocycles. The zero-order chi connectivity index (χ0) is 13.5. The van der Waals surface area contributed by atoms with E-state index in [2.05, 4.69) is 12.2 Å². The maximum Gasteiger partial charge on any atom is 0.194 e. The normalized spacial score (nSPS) is 11.7. The Morgan fingerprint density at radius 2 is 1.83 bits per heavy atom. The largest absolute Gasteiger partial charge is 0.341 e. The standard InChI is InChI=1S/C15H20N2O/c1-4-11(2)14(17-15(16)12(3)18)10-13-8-6-5-7-9-13/h5-9H,4,10H2,1-3H3,(H2,16,17)/b14-11+. The van der Waals surface area contributed by atoms with E-state index in [4.69, 9.17) is 5.41 Å². The lowest BCUT2D eigenvalue weighted by Crippen LogP contribution is -2.29. The van der Waals surface area contributed by atoms with Crippen LogP contribution in [0, 0.1) is 5.41 Å². The molecule has 0 amide bonds. The van der Waals surface area contributed by atoms with Crippen LogP contribution in [0.25, 0.3) is 0 Å². The van der Waals surface area contributed by atoms with Crippen LogP contribution in [-0.4, -0.2) is 11.6 Å². The van der Waals surface area contributed by atoms with Gasteiger partial charge in [0.15, 0.2) is 11.6 Å². The van der Waals surface area contributed by atoms with Crippen LogP contribution < -0.4 is 5.32 Å². The summed E-state index contributed by atoms with van der Waals surface area (Å²) >= 11 is 0. The first-order valence-electron chi connectivity index (χ1n) is 6.13. The van der Waals surface area contributed by atoms with Crippen LogP contribution in [0.4, 0.5) is 0 Å². The summed E-state index contributed by atoms with van der Waals surface area (Å²) in [6.45, 7) is 5.49. The summed E-state index contributed by atoms with van der Waals surface area (Å²) in [7, 11) is 0. The van der Waals surface area contributed by atoms with Crippen LogP contribution in [-0.2, 0) is 11.2 Å². The van der Waals surface area contributed by atoms with E-state index in [0.29, 0.717) is 0 Å². The molecule has 3 heteroatoms. The first kappa shape index (κ1) is 14.2. The summed E-state index contributed by atoms with van der Waals surface area (Å²) in [6, 6.07) is 10.0. The van der Waals surface area contributed by atoms with Crippen LogP contribution in [0.2, 0.25) is 0 Å². The number of allylic oxidation sites excluding steroid dienone is 2. The SMILES string of the molecule is CC/C(C)=C(\Cc1ccccc1)NC(=N)C(C)=O. The van der Waals surface area contributed by atoms with Gasteiger partial charge in [-0.25, -0.2) is 0 Å². The van der Waals surface area contributed by atoms with Crippen LogP contribution in [0.1, 0.15) is 32.8 Å². The maximum absolute atomic E-state index is 11.1. The number of ketones is 1. The Balaban J connectivity index is 2.88. The van der Waals surface area contributed by atoms with Crippen LogP contribution in [0.5, 0.6) is 0 Å². The summed E-state index contributed by atoms with van der Waals surface area (Å²) < 4.78 is 0. The zero-order valence-corrected chi connectivity index (χ0v) is 11.2. The Kier molecular flexibility index (Phi) is 5.31. The van der Waals surface area contributed by atoms with Crippen LogP contribution >= 0.6 is 0 Å². The molecule has 0 aliphatic rings. The minimum absolute atomic E-state index is 0.0475. The van der Waals surface area contributed by atoms with Gasteiger partial charge in [0.2, 0.25) is 0 Å². The molecule has 0 spiro atoms. The molecule has 3 nitrogen and oxygen atoms in total. The Hall–Kier alpha value is -1.90. The third kappa shape index (κ3) is 4.17. The molecule has 0 fully saturated rings. The van der Waals surface area contributed by atoms with E-state index in [0.717, 1.165) is 18.5 Å². The highest BCUT2D eigenvalue weighted by Crippen LogP contribution is 2.12. The van der Waals surface area contributed by atoms with Gasteiger partial charge in [0.05, 0.1) is 0 Å². The molecule has 0 aliphatic heterocycles. The second-order valence-corrected chi connectivity index (χ2v) is 4.33. The fourth-order valence-electron chi connectivity index (χ4n) is 1.55. The van der Waals surface area contributed by atoms with Crippen molar-refractivity contribution in [3.8, 4) is 0 Å². The van der Waals surface area contributed by atoms with Gasteiger partial charge in [0.1, 0.15) is 0 Å². The van der Waals surface area contributed by atoms with Gasteiger partial charge in [-0.3, -0.25) is 10.2 Å². The van der Waals surface area contributed by atoms with E-state index >= 15 is 0 Å². The highest BCUT2D eigenvalue weighted by atomic mass is 16.1. The molecule has 0 aromatic heterocycles. The third-order valence-corrected chi connectivity index (χ3v) is 2.90. The smallest absolute Gasteiger partial charge is 0.194 e. The lowest BCUT2D eigenvalue weighted by Gasteiger charge is -2.14. The lowest BCUT2D eigenvalue weighted by atomic mass is 10.0. The quantitative estimate of drug-likeness (QED) is 0.618. The van der Waals surface area contributed by atoms with E-state index < -0.39 is 0 Å². The van der Waals surface area contributed by atoms with Crippen LogP contribution in [0.15, 0.2) is 41.6 Å². The second kappa shape index (κ2) is 6.74. The molecule has 1 rings (SSSR count). The Morgan fingerprint density at radius 1 is 1.22 bits per heavy atom. The third-order valence-electron chi connectivity index (χ3n) is 2.90. The van der Waals surface area contributed by atoms with Crippen molar-refractivity contribution in [2.45, 2.75) is 33.6 Å². The van der Waals surface area contributed by atoms with Crippen LogP contribution in [0.3, 0.4) is 0 Å². The van der Waals surface area contributed by atoms with Crippen molar-refractivity contribution in [1.82, 2.24) is 5.32 Å². The molecular weight excluding hydrogens is 224 g/mol. The molecule has 0 saturated heterocycles. The van der Waals surface area contributed by atoms with E-state index in [1.165, 1.54) is 18.1 Å². The molecule has 0 bridgehead atoms.